The molecule has 5 atom stereocenters. The van der Waals surface area contributed by atoms with E-state index in [4.69, 9.17) is 20.1 Å². The number of hydrogen-bond donors (Lipinski definition) is 5. The van der Waals surface area contributed by atoms with Crippen molar-refractivity contribution in [2.24, 2.45) is 0 Å². The third-order valence-electron chi connectivity index (χ3n) is 3.79. The van der Waals surface area contributed by atoms with Gasteiger partial charge in [-0.05, 0) is 0 Å². The number of fused-ring (bicyclic) bond motifs is 1. The number of hydrogen-bond acceptors (Lipinski definition) is 9. The van der Waals surface area contributed by atoms with E-state index < -0.39 is 39.0 Å². The van der Waals surface area contributed by atoms with Gasteiger partial charge in [-0.15, -0.1) is 0 Å². The van der Waals surface area contributed by atoms with Gasteiger partial charge in [-0.25, -0.2) is 29.0 Å². The van der Waals surface area contributed by atoms with E-state index in [1.165, 1.54) is 17.2 Å². The molecule has 14 heteroatoms. The lowest BCUT2D eigenvalue weighted by Gasteiger charge is -2.17. The molecule has 1 fully saturated rings. The largest absolute Gasteiger partial charge is 0.403 e. The van der Waals surface area contributed by atoms with E-state index in [9.17, 15) is 19.0 Å². The lowest BCUT2D eigenvalue weighted by molar-refractivity contribution is -0.0475. The number of anilines is 1. The maximum absolute atomic E-state index is 14.4. The highest BCUT2D eigenvalue weighted by molar-refractivity contribution is 7.50. The molecule has 0 spiro atoms. The van der Waals surface area contributed by atoms with Crippen molar-refractivity contribution in [1.29, 1.82) is 0 Å². The molecule has 0 amide bonds. The number of ether oxygens (including phenoxy) is 1. The molecular formula is C12H18FN6O6P. The molecule has 144 valence electrons. The molecule has 1 aliphatic rings. The summed E-state index contributed by atoms with van der Waals surface area (Å²) in [7, 11) is -4.23. The number of aromatic nitrogens is 4. The second-order valence-corrected chi connectivity index (χ2v) is 7.15. The first-order chi connectivity index (χ1) is 12.3. The molecule has 1 aliphatic heterocycles. The summed E-state index contributed by atoms with van der Waals surface area (Å²) in [5.41, 5.74) is 6.20. The highest BCUT2D eigenvalue weighted by Gasteiger charge is 2.46. The van der Waals surface area contributed by atoms with Gasteiger partial charge in [0, 0.05) is 6.54 Å². The molecular weight excluding hydrogens is 374 g/mol. The zero-order chi connectivity index (χ0) is 18.9. The Labute approximate surface area is 146 Å². The van der Waals surface area contributed by atoms with Gasteiger partial charge in [0.15, 0.2) is 23.9 Å². The van der Waals surface area contributed by atoms with Crippen molar-refractivity contribution in [3.8, 4) is 0 Å². The Hall–Kier alpha value is -1.73. The summed E-state index contributed by atoms with van der Waals surface area (Å²) in [6, 6.07) is 0. The van der Waals surface area contributed by atoms with Crippen molar-refractivity contribution in [1.82, 2.24) is 24.6 Å². The first-order valence-electron chi connectivity index (χ1n) is 7.58. The smallest absolute Gasteiger partial charge is 0.395 e. The minimum absolute atomic E-state index is 0.120. The van der Waals surface area contributed by atoms with Crippen LogP contribution in [0.2, 0.25) is 0 Å². The maximum Gasteiger partial charge on any atom is 0.403 e. The van der Waals surface area contributed by atoms with Gasteiger partial charge in [0.05, 0.1) is 19.5 Å². The first kappa shape index (κ1) is 19.0. The monoisotopic (exact) mass is 392 g/mol. The quantitative estimate of drug-likeness (QED) is 0.354. The van der Waals surface area contributed by atoms with Crippen LogP contribution in [0, 0.1) is 0 Å². The van der Waals surface area contributed by atoms with Crippen molar-refractivity contribution in [3.63, 3.8) is 0 Å². The highest BCUT2D eigenvalue weighted by Crippen LogP contribution is 2.39. The maximum atomic E-state index is 14.4. The van der Waals surface area contributed by atoms with E-state index >= 15 is 0 Å². The predicted octanol–water partition coefficient (Wildman–Crippen LogP) is -1.30. The average Bonchev–Trinajstić information content (AvgIpc) is 3.15. The molecule has 0 aromatic carbocycles. The van der Waals surface area contributed by atoms with E-state index in [0.29, 0.717) is 0 Å². The Kier molecular flexibility index (Phi) is 5.48. The fourth-order valence-corrected chi connectivity index (χ4v) is 3.36. The number of halogens is 1. The standard InChI is InChI=1S/C12H18FN6O6P/c13-7-6(3-24-26(22,23)18-1-2-20)25-12(9(7)21)19-5-17-8-10(14)15-4-16-11(8)19/h4-7,9,12,20-21H,1-3H2,(H2,14,15,16)(H2,18,22,23)/t6-,7?,9?,12-/m1/s1. The number of alkyl halides is 1. The molecule has 2 aromatic rings. The molecule has 3 rings (SSSR count). The summed E-state index contributed by atoms with van der Waals surface area (Å²) in [6.07, 6.45) is -3.47. The molecule has 0 radical (unpaired) electrons. The Bertz CT molecular complexity index is 823. The molecule has 2 aromatic heterocycles. The Morgan fingerprint density at radius 2 is 2.23 bits per heavy atom. The van der Waals surface area contributed by atoms with Gasteiger partial charge in [-0.2, -0.15) is 0 Å². The zero-order valence-electron chi connectivity index (χ0n) is 13.3. The number of aliphatic hydroxyl groups is 2. The summed E-state index contributed by atoms with van der Waals surface area (Å²) in [5, 5.41) is 20.9. The topological polar surface area (TPSA) is 178 Å². The predicted molar refractivity (Wildman–Crippen MR) is 85.4 cm³/mol. The zero-order valence-corrected chi connectivity index (χ0v) is 14.2. The van der Waals surface area contributed by atoms with Crippen LogP contribution in [0.15, 0.2) is 12.7 Å². The van der Waals surface area contributed by atoms with Gasteiger partial charge in [-0.1, -0.05) is 0 Å². The number of nitrogen functional groups attached to an aromatic ring is 1. The van der Waals surface area contributed by atoms with E-state index in [1.54, 1.807) is 0 Å². The fraction of sp³-hybridized carbons (Fsp3) is 0.583. The summed E-state index contributed by atoms with van der Waals surface area (Å²) in [5.74, 6) is 0.120. The Morgan fingerprint density at radius 3 is 2.96 bits per heavy atom. The van der Waals surface area contributed by atoms with E-state index in [0.717, 1.165) is 0 Å². The van der Waals surface area contributed by atoms with Crippen LogP contribution < -0.4 is 10.8 Å². The van der Waals surface area contributed by atoms with Gasteiger partial charge >= 0.3 is 7.75 Å². The van der Waals surface area contributed by atoms with Gasteiger partial charge in [0.25, 0.3) is 0 Å². The third kappa shape index (κ3) is 3.69. The molecule has 0 aliphatic carbocycles. The fourth-order valence-electron chi connectivity index (χ4n) is 2.54. The Morgan fingerprint density at radius 1 is 1.46 bits per heavy atom. The van der Waals surface area contributed by atoms with Crippen molar-refractivity contribution < 1.29 is 33.3 Å². The normalized spacial score (nSPS) is 28.5. The second-order valence-electron chi connectivity index (χ2n) is 5.53. The minimum Gasteiger partial charge on any atom is -0.395 e. The lowest BCUT2D eigenvalue weighted by Crippen LogP contribution is -2.30. The number of aliphatic hydroxyl groups excluding tert-OH is 2. The molecule has 0 saturated carbocycles. The van der Waals surface area contributed by atoms with Crippen molar-refractivity contribution in [3.05, 3.63) is 12.7 Å². The number of nitrogens with one attached hydrogen (secondary N) is 1. The number of rotatable bonds is 7. The number of imidazole rings is 1. The van der Waals surface area contributed by atoms with Crippen LogP contribution in [0.25, 0.3) is 11.2 Å². The lowest BCUT2D eigenvalue weighted by atomic mass is 10.1. The second kappa shape index (κ2) is 7.48. The summed E-state index contributed by atoms with van der Waals surface area (Å²) in [6.45, 7) is -1.14. The minimum atomic E-state index is -4.23. The first-order valence-corrected chi connectivity index (χ1v) is 9.15. The van der Waals surface area contributed by atoms with Crippen LogP contribution in [-0.2, 0) is 13.8 Å². The van der Waals surface area contributed by atoms with E-state index in [2.05, 4.69) is 20.0 Å². The molecule has 3 heterocycles. The van der Waals surface area contributed by atoms with Gasteiger partial charge in [0.1, 0.15) is 24.1 Å². The van der Waals surface area contributed by atoms with E-state index in [-0.39, 0.29) is 30.1 Å². The van der Waals surface area contributed by atoms with Crippen LogP contribution in [0.5, 0.6) is 0 Å². The molecule has 26 heavy (non-hydrogen) atoms. The SMILES string of the molecule is Nc1ncnc2c1ncn2[C@@H]1O[C@H](COP(=O)(O)NCCO)C(F)C1O. The molecule has 12 nitrogen and oxygen atoms in total. The van der Waals surface area contributed by atoms with Crippen molar-refractivity contribution >= 4 is 24.7 Å². The molecule has 0 bridgehead atoms. The Balaban J connectivity index is 1.73. The van der Waals surface area contributed by atoms with Gasteiger partial charge in [-0.3, -0.25) is 9.09 Å². The number of nitrogens with two attached hydrogens (primary N) is 1. The van der Waals surface area contributed by atoms with E-state index in [1.807, 2.05) is 0 Å². The number of nitrogens with zero attached hydrogens (tertiary/aromatic N) is 4. The van der Waals surface area contributed by atoms with Gasteiger partial charge < -0.3 is 25.6 Å². The van der Waals surface area contributed by atoms with Crippen LogP contribution in [0.4, 0.5) is 10.2 Å². The summed E-state index contributed by atoms with van der Waals surface area (Å²) < 4.78 is 37.5. The third-order valence-corrected chi connectivity index (χ3v) is 4.91. The van der Waals surface area contributed by atoms with Crippen LogP contribution in [0.3, 0.4) is 0 Å². The summed E-state index contributed by atoms with van der Waals surface area (Å²) in [4.78, 5) is 21.3. The summed E-state index contributed by atoms with van der Waals surface area (Å²) >= 11 is 0. The van der Waals surface area contributed by atoms with Crippen LogP contribution in [-0.4, -0.2) is 72.8 Å². The van der Waals surface area contributed by atoms with Crippen molar-refractivity contribution in [2.75, 3.05) is 25.5 Å². The van der Waals surface area contributed by atoms with Crippen LogP contribution in [0.1, 0.15) is 6.23 Å². The molecule has 3 unspecified atom stereocenters. The molecule has 6 N–H and O–H groups in total. The van der Waals surface area contributed by atoms with Crippen molar-refractivity contribution in [2.45, 2.75) is 24.6 Å². The van der Waals surface area contributed by atoms with Crippen LogP contribution >= 0.6 is 7.75 Å². The average molecular weight is 392 g/mol. The molecule has 1 saturated heterocycles. The van der Waals surface area contributed by atoms with Gasteiger partial charge in [0.2, 0.25) is 0 Å². The highest BCUT2D eigenvalue weighted by atomic mass is 31.2.